The minimum atomic E-state index is 0.184. The number of rotatable bonds is 6. The molecular formula is C7H17NO2. The fraction of sp³-hybridized carbons (Fsp3) is 1.00. The molecule has 1 atom stereocenters. The van der Waals surface area contributed by atoms with E-state index in [-0.39, 0.29) is 12.6 Å². The van der Waals surface area contributed by atoms with Crippen LogP contribution in [0.2, 0.25) is 0 Å². The Hall–Kier alpha value is -0.120. The monoisotopic (exact) mass is 147 g/mol. The molecule has 0 bridgehead atoms. The topological polar surface area (TPSA) is 41.5 Å². The number of ether oxygens (including phenoxy) is 1. The van der Waals surface area contributed by atoms with E-state index in [4.69, 9.17) is 9.84 Å². The predicted molar refractivity (Wildman–Crippen MR) is 41.0 cm³/mol. The van der Waals surface area contributed by atoms with Gasteiger partial charge in [0.05, 0.1) is 6.61 Å². The molecule has 0 aliphatic carbocycles. The third-order valence-electron chi connectivity index (χ3n) is 1.44. The summed E-state index contributed by atoms with van der Waals surface area (Å²) in [6.07, 6.45) is 0.876. The van der Waals surface area contributed by atoms with Crippen molar-refractivity contribution in [1.82, 2.24) is 5.32 Å². The van der Waals surface area contributed by atoms with Crippen molar-refractivity contribution in [2.45, 2.75) is 19.4 Å². The first-order chi connectivity index (χ1) is 4.85. The SMILES string of the molecule is CCOCCC(CO)NC. The van der Waals surface area contributed by atoms with E-state index < -0.39 is 0 Å². The molecule has 62 valence electrons. The Bertz CT molecular complexity index is 64.6. The van der Waals surface area contributed by atoms with Crippen LogP contribution in [0.5, 0.6) is 0 Å². The number of aliphatic hydroxyl groups excluding tert-OH is 1. The zero-order chi connectivity index (χ0) is 7.82. The molecule has 0 spiro atoms. The average molecular weight is 147 g/mol. The number of aliphatic hydroxyl groups is 1. The van der Waals surface area contributed by atoms with E-state index in [1.165, 1.54) is 0 Å². The summed E-state index contributed by atoms with van der Waals surface area (Å²) in [4.78, 5) is 0. The first-order valence-corrected chi connectivity index (χ1v) is 3.71. The molecule has 0 heterocycles. The molecular weight excluding hydrogens is 130 g/mol. The van der Waals surface area contributed by atoms with E-state index in [1.807, 2.05) is 14.0 Å². The Labute approximate surface area is 62.4 Å². The lowest BCUT2D eigenvalue weighted by Crippen LogP contribution is -2.30. The van der Waals surface area contributed by atoms with E-state index in [0.29, 0.717) is 0 Å². The maximum Gasteiger partial charge on any atom is 0.0585 e. The van der Waals surface area contributed by atoms with E-state index in [9.17, 15) is 0 Å². The standard InChI is InChI=1S/C7H17NO2/c1-3-10-5-4-7(6-9)8-2/h7-9H,3-6H2,1-2H3. The highest BCUT2D eigenvalue weighted by atomic mass is 16.5. The lowest BCUT2D eigenvalue weighted by atomic mass is 10.2. The Morgan fingerprint density at radius 2 is 2.30 bits per heavy atom. The van der Waals surface area contributed by atoms with Crippen molar-refractivity contribution in [3.05, 3.63) is 0 Å². The maximum atomic E-state index is 8.71. The van der Waals surface area contributed by atoms with Crippen LogP contribution in [0.15, 0.2) is 0 Å². The van der Waals surface area contributed by atoms with Crippen LogP contribution in [0.1, 0.15) is 13.3 Å². The summed E-state index contributed by atoms with van der Waals surface area (Å²) in [6.45, 7) is 3.63. The van der Waals surface area contributed by atoms with Crippen LogP contribution in [0.4, 0.5) is 0 Å². The minimum absolute atomic E-state index is 0.184. The normalized spacial score (nSPS) is 13.5. The minimum Gasteiger partial charge on any atom is -0.395 e. The van der Waals surface area contributed by atoms with Gasteiger partial charge in [-0.2, -0.15) is 0 Å². The van der Waals surface area contributed by atoms with Gasteiger partial charge in [-0.1, -0.05) is 0 Å². The van der Waals surface area contributed by atoms with Crippen molar-refractivity contribution in [1.29, 1.82) is 0 Å². The molecule has 0 aliphatic heterocycles. The van der Waals surface area contributed by atoms with E-state index in [1.54, 1.807) is 0 Å². The molecule has 0 saturated carbocycles. The molecule has 0 saturated heterocycles. The van der Waals surface area contributed by atoms with Crippen molar-refractivity contribution in [3.8, 4) is 0 Å². The molecule has 0 radical (unpaired) electrons. The quantitative estimate of drug-likeness (QED) is 0.519. The number of likely N-dealkylation sites (N-methyl/N-ethyl adjacent to an activating group) is 1. The molecule has 0 aromatic heterocycles. The van der Waals surface area contributed by atoms with Crippen LogP contribution in [0.3, 0.4) is 0 Å². The fourth-order valence-electron chi connectivity index (χ4n) is 0.697. The van der Waals surface area contributed by atoms with Gasteiger partial charge in [-0.05, 0) is 20.4 Å². The van der Waals surface area contributed by atoms with Gasteiger partial charge in [0, 0.05) is 19.3 Å². The van der Waals surface area contributed by atoms with Crippen LogP contribution in [-0.4, -0.2) is 38.0 Å². The van der Waals surface area contributed by atoms with Crippen LogP contribution in [-0.2, 0) is 4.74 Å². The van der Waals surface area contributed by atoms with Crippen molar-refractivity contribution < 1.29 is 9.84 Å². The lowest BCUT2D eigenvalue weighted by Gasteiger charge is -2.11. The smallest absolute Gasteiger partial charge is 0.0585 e. The van der Waals surface area contributed by atoms with E-state index >= 15 is 0 Å². The summed E-state index contributed by atoms with van der Waals surface area (Å²) in [5.41, 5.74) is 0. The third-order valence-corrected chi connectivity index (χ3v) is 1.44. The molecule has 0 aromatic carbocycles. The summed E-state index contributed by atoms with van der Waals surface area (Å²) in [6, 6.07) is 0.187. The zero-order valence-electron chi connectivity index (χ0n) is 6.76. The van der Waals surface area contributed by atoms with Gasteiger partial charge in [0.15, 0.2) is 0 Å². The summed E-state index contributed by atoms with van der Waals surface area (Å²) in [7, 11) is 1.84. The molecule has 0 rings (SSSR count). The second-order valence-corrected chi connectivity index (χ2v) is 2.15. The summed E-state index contributed by atoms with van der Waals surface area (Å²) >= 11 is 0. The first kappa shape index (κ1) is 9.88. The summed E-state index contributed by atoms with van der Waals surface area (Å²) < 4.78 is 5.12. The molecule has 0 amide bonds. The average Bonchev–Trinajstić information content (AvgIpc) is 1.99. The summed E-state index contributed by atoms with van der Waals surface area (Å²) in [5, 5.41) is 11.7. The van der Waals surface area contributed by atoms with Crippen LogP contribution in [0, 0.1) is 0 Å². The Morgan fingerprint density at radius 3 is 2.70 bits per heavy atom. The molecule has 0 aliphatic rings. The van der Waals surface area contributed by atoms with Gasteiger partial charge in [-0.15, -0.1) is 0 Å². The number of nitrogens with one attached hydrogen (secondary N) is 1. The lowest BCUT2D eigenvalue weighted by molar-refractivity contribution is 0.126. The Kier molecular flexibility index (Phi) is 6.91. The van der Waals surface area contributed by atoms with Gasteiger partial charge in [-0.3, -0.25) is 0 Å². The predicted octanol–water partition coefficient (Wildman–Crippen LogP) is -0.00670. The highest BCUT2D eigenvalue weighted by Gasteiger charge is 2.01. The number of hydrogen-bond donors (Lipinski definition) is 2. The van der Waals surface area contributed by atoms with Crippen molar-refractivity contribution in [2.75, 3.05) is 26.9 Å². The van der Waals surface area contributed by atoms with Gasteiger partial charge in [0.25, 0.3) is 0 Å². The Morgan fingerprint density at radius 1 is 1.60 bits per heavy atom. The first-order valence-electron chi connectivity index (χ1n) is 3.71. The van der Waals surface area contributed by atoms with Crippen LogP contribution in [0.25, 0.3) is 0 Å². The van der Waals surface area contributed by atoms with E-state index in [2.05, 4.69) is 5.32 Å². The van der Waals surface area contributed by atoms with Gasteiger partial charge in [0.2, 0.25) is 0 Å². The highest BCUT2D eigenvalue weighted by molar-refractivity contribution is 4.60. The molecule has 10 heavy (non-hydrogen) atoms. The molecule has 3 nitrogen and oxygen atoms in total. The molecule has 3 heteroatoms. The highest BCUT2D eigenvalue weighted by Crippen LogP contribution is 1.89. The molecule has 2 N–H and O–H groups in total. The van der Waals surface area contributed by atoms with Crippen molar-refractivity contribution in [2.24, 2.45) is 0 Å². The molecule has 0 fully saturated rings. The summed E-state index contributed by atoms with van der Waals surface area (Å²) in [5.74, 6) is 0. The number of hydrogen-bond acceptors (Lipinski definition) is 3. The maximum absolute atomic E-state index is 8.71. The van der Waals surface area contributed by atoms with Gasteiger partial charge < -0.3 is 15.2 Å². The van der Waals surface area contributed by atoms with E-state index in [0.717, 1.165) is 19.6 Å². The third kappa shape index (κ3) is 4.73. The van der Waals surface area contributed by atoms with Gasteiger partial charge >= 0.3 is 0 Å². The van der Waals surface area contributed by atoms with Crippen LogP contribution < -0.4 is 5.32 Å². The second kappa shape index (κ2) is 6.99. The Balaban J connectivity index is 3.09. The van der Waals surface area contributed by atoms with Gasteiger partial charge in [-0.25, -0.2) is 0 Å². The van der Waals surface area contributed by atoms with Crippen molar-refractivity contribution >= 4 is 0 Å². The van der Waals surface area contributed by atoms with Gasteiger partial charge in [0.1, 0.15) is 0 Å². The van der Waals surface area contributed by atoms with Crippen molar-refractivity contribution in [3.63, 3.8) is 0 Å². The molecule has 0 aromatic rings. The largest absolute Gasteiger partial charge is 0.395 e. The zero-order valence-corrected chi connectivity index (χ0v) is 6.76. The molecule has 1 unspecified atom stereocenters. The van der Waals surface area contributed by atoms with Crippen LogP contribution >= 0.6 is 0 Å². The fourth-order valence-corrected chi connectivity index (χ4v) is 0.697. The second-order valence-electron chi connectivity index (χ2n) is 2.15.